The molecule has 1 aliphatic heterocycles. The van der Waals surface area contributed by atoms with Crippen molar-refractivity contribution in [3.8, 4) is 0 Å². The van der Waals surface area contributed by atoms with Crippen molar-refractivity contribution in [2.75, 3.05) is 23.3 Å². The first kappa shape index (κ1) is 26.2. The number of alkyl halides is 2. The maximum Gasteiger partial charge on any atom is 0.266 e. The summed E-state index contributed by atoms with van der Waals surface area (Å²) in [6, 6.07) is 11.3. The van der Waals surface area contributed by atoms with Gasteiger partial charge in [-0.05, 0) is 58.4 Å². The molecule has 0 spiro atoms. The Bertz CT molecular complexity index is 1200. The van der Waals surface area contributed by atoms with E-state index in [1.54, 1.807) is 19.2 Å². The second kappa shape index (κ2) is 10.6. The number of nitrogens with one attached hydrogen (secondary N) is 2. The van der Waals surface area contributed by atoms with Gasteiger partial charge in [-0.25, -0.2) is 13.2 Å². The molecule has 0 bridgehead atoms. The number of hydrogen-bond acceptors (Lipinski definition) is 6. The molecule has 6 nitrogen and oxygen atoms in total. The number of halogens is 3. The molecule has 1 aromatic heterocycles. The lowest BCUT2D eigenvalue weighted by Crippen LogP contribution is -2.44. The minimum atomic E-state index is -2.87. The van der Waals surface area contributed by atoms with Crippen molar-refractivity contribution in [3.63, 3.8) is 0 Å². The van der Waals surface area contributed by atoms with Crippen LogP contribution < -0.4 is 15.5 Å². The first-order valence-electron chi connectivity index (χ1n) is 12.1. The van der Waals surface area contributed by atoms with E-state index >= 15 is 0 Å². The van der Waals surface area contributed by atoms with Crippen LogP contribution in [0.2, 0.25) is 0 Å². The van der Waals surface area contributed by atoms with Crippen molar-refractivity contribution >= 4 is 22.3 Å². The number of fused-ring (bicyclic) bond motifs is 1. The predicted molar refractivity (Wildman–Crippen MR) is 136 cm³/mol. The summed E-state index contributed by atoms with van der Waals surface area (Å²) in [5, 5.41) is 17.4. The minimum absolute atomic E-state index is 0.0645. The molecule has 9 heteroatoms. The van der Waals surface area contributed by atoms with Gasteiger partial charge in [0.2, 0.25) is 6.41 Å². The fourth-order valence-corrected chi connectivity index (χ4v) is 4.54. The Hall–Kier alpha value is -2.88. The molecule has 1 saturated heterocycles. The van der Waals surface area contributed by atoms with Crippen LogP contribution in [0.5, 0.6) is 0 Å². The molecule has 3 atom stereocenters. The number of pyridine rings is 1. The Kier molecular flexibility index (Phi) is 7.73. The van der Waals surface area contributed by atoms with Crippen molar-refractivity contribution in [2.24, 2.45) is 0 Å². The van der Waals surface area contributed by atoms with E-state index in [4.69, 9.17) is 4.74 Å². The number of ether oxygens (including phenoxy) is 1. The lowest BCUT2D eigenvalue weighted by atomic mass is 10.0. The topological polar surface area (TPSA) is 69.7 Å². The number of aliphatic hydroxyl groups excluding tert-OH is 1. The van der Waals surface area contributed by atoms with E-state index < -0.39 is 35.9 Å². The summed E-state index contributed by atoms with van der Waals surface area (Å²) in [5.74, 6) is -0.889. The number of aliphatic hydroxyl groups is 1. The van der Waals surface area contributed by atoms with Crippen LogP contribution in [0.3, 0.4) is 0 Å². The third kappa shape index (κ3) is 6.08. The Balaban J connectivity index is 1.52. The molecule has 1 fully saturated rings. The third-order valence-corrected chi connectivity index (χ3v) is 6.25. The number of anilines is 2. The van der Waals surface area contributed by atoms with Crippen molar-refractivity contribution in [1.82, 2.24) is 10.3 Å². The maximum atomic E-state index is 14.7. The zero-order valence-electron chi connectivity index (χ0n) is 20.9. The predicted octanol–water partition coefficient (Wildman–Crippen LogP) is 5.74. The second-order valence-corrected chi connectivity index (χ2v) is 10.2. The smallest absolute Gasteiger partial charge is 0.266 e. The molecule has 4 rings (SSSR count). The Labute approximate surface area is 209 Å². The molecule has 2 heterocycles. The van der Waals surface area contributed by atoms with Crippen LogP contribution in [0.1, 0.15) is 57.7 Å². The van der Waals surface area contributed by atoms with Gasteiger partial charge in [0.1, 0.15) is 5.82 Å². The molecule has 0 saturated carbocycles. The summed E-state index contributed by atoms with van der Waals surface area (Å²) in [6.45, 7) is 8.90. The van der Waals surface area contributed by atoms with Gasteiger partial charge in [-0.3, -0.25) is 10.3 Å². The molecule has 1 unspecified atom stereocenters. The Morgan fingerprint density at radius 3 is 2.61 bits per heavy atom. The van der Waals surface area contributed by atoms with Gasteiger partial charge in [-0.2, -0.15) is 0 Å². The molecule has 0 amide bonds. The molecule has 1 aliphatic rings. The number of rotatable bonds is 8. The van der Waals surface area contributed by atoms with Crippen molar-refractivity contribution in [3.05, 3.63) is 65.6 Å². The fraction of sp³-hybridized carbons (Fsp3) is 0.444. The highest BCUT2D eigenvalue weighted by atomic mass is 19.3. The van der Waals surface area contributed by atoms with E-state index in [1.165, 1.54) is 12.1 Å². The van der Waals surface area contributed by atoms with Crippen LogP contribution in [0.15, 0.2) is 48.7 Å². The van der Waals surface area contributed by atoms with Gasteiger partial charge < -0.3 is 20.1 Å². The summed E-state index contributed by atoms with van der Waals surface area (Å²) in [6.07, 6.45) is -1.41. The van der Waals surface area contributed by atoms with Crippen molar-refractivity contribution in [1.29, 1.82) is 0 Å². The molecule has 0 aliphatic carbocycles. The quantitative estimate of drug-likeness (QED) is 0.341. The first-order valence-corrected chi connectivity index (χ1v) is 12.1. The normalized spacial score (nSPS) is 18.1. The van der Waals surface area contributed by atoms with E-state index in [0.717, 1.165) is 41.3 Å². The number of nitrogens with zero attached hydrogens (tertiary/aromatic N) is 2. The highest BCUT2D eigenvalue weighted by Crippen LogP contribution is 2.33. The third-order valence-electron chi connectivity index (χ3n) is 6.25. The summed E-state index contributed by atoms with van der Waals surface area (Å²) in [4.78, 5) is 6.65. The van der Waals surface area contributed by atoms with E-state index in [9.17, 15) is 18.3 Å². The van der Waals surface area contributed by atoms with Crippen LogP contribution in [0.25, 0.3) is 10.9 Å². The van der Waals surface area contributed by atoms with Crippen LogP contribution in [-0.2, 0) is 4.74 Å². The molecule has 194 valence electrons. The van der Waals surface area contributed by atoms with Crippen LogP contribution in [0, 0.1) is 5.82 Å². The van der Waals surface area contributed by atoms with Gasteiger partial charge in [-0.1, -0.05) is 18.2 Å². The maximum absolute atomic E-state index is 14.7. The van der Waals surface area contributed by atoms with Gasteiger partial charge in [0.25, 0.3) is 6.43 Å². The minimum Gasteiger partial charge on any atom is -0.378 e. The average Bonchev–Trinajstić information content (AvgIpc) is 3.26. The lowest BCUT2D eigenvalue weighted by Gasteiger charge is -2.27. The summed E-state index contributed by atoms with van der Waals surface area (Å²) < 4.78 is 46.6. The zero-order chi connectivity index (χ0) is 26.0. The molecular formula is C27H33F3N4O2. The monoisotopic (exact) mass is 502 g/mol. The summed E-state index contributed by atoms with van der Waals surface area (Å²) in [7, 11) is 0. The number of hydrogen-bond donors (Lipinski definition) is 3. The van der Waals surface area contributed by atoms with Gasteiger partial charge in [0.15, 0.2) is 0 Å². The molecule has 3 aromatic rings. The van der Waals surface area contributed by atoms with E-state index in [0.29, 0.717) is 6.54 Å². The van der Waals surface area contributed by atoms with E-state index in [2.05, 4.69) is 20.5 Å². The Morgan fingerprint density at radius 2 is 1.89 bits per heavy atom. The van der Waals surface area contributed by atoms with Gasteiger partial charge in [0.05, 0.1) is 22.7 Å². The Morgan fingerprint density at radius 1 is 1.14 bits per heavy atom. The largest absolute Gasteiger partial charge is 0.378 e. The molecular weight excluding hydrogens is 469 g/mol. The molecule has 2 aromatic carbocycles. The van der Waals surface area contributed by atoms with Gasteiger partial charge in [0, 0.05) is 47.7 Å². The SMILES string of the molecule is C[C@@H](Nc1ccnc2ccc(N3CC[C@@H](NC(O)OC(C)(C)C)C3)cc12)c1cccc(C(F)F)c1F. The fourth-order valence-electron chi connectivity index (χ4n) is 4.54. The second-order valence-electron chi connectivity index (χ2n) is 10.2. The van der Waals surface area contributed by atoms with E-state index in [1.807, 2.05) is 39.0 Å². The van der Waals surface area contributed by atoms with Crippen LogP contribution >= 0.6 is 0 Å². The van der Waals surface area contributed by atoms with Crippen molar-refractivity contribution in [2.45, 2.75) is 64.6 Å². The van der Waals surface area contributed by atoms with Gasteiger partial charge >= 0.3 is 0 Å². The lowest BCUT2D eigenvalue weighted by molar-refractivity contribution is -0.184. The highest BCUT2D eigenvalue weighted by molar-refractivity contribution is 5.93. The molecule has 3 N–H and O–H groups in total. The first-order chi connectivity index (χ1) is 17.0. The summed E-state index contributed by atoms with van der Waals surface area (Å²) in [5.41, 5.74) is 1.62. The summed E-state index contributed by atoms with van der Waals surface area (Å²) >= 11 is 0. The van der Waals surface area contributed by atoms with Gasteiger partial charge in [-0.15, -0.1) is 0 Å². The number of aromatic nitrogens is 1. The van der Waals surface area contributed by atoms with Crippen LogP contribution in [-0.4, -0.2) is 41.2 Å². The molecule has 36 heavy (non-hydrogen) atoms. The molecule has 0 radical (unpaired) electrons. The zero-order valence-corrected chi connectivity index (χ0v) is 20.9. The van der Waals surface area contributed by atoms with Crippen LogP contribution in [0.4, 0.5) is 24.5 Å². The average molecular weight is 503 g/mol. The standard InChI is InChI=1S/C27H33F3N4O2/c1-16(19-6-5-7-20(24(19)28)25(29)30)32-23-10-12-31-22-9-8-18(14-21(22)23)34-13-11-17(15-34)33-26(35)36-27(2,3)4/h5-10,12,14,16-17,25-26,33,35H,11,13,15H2,1-4H3,(H,31,32)/t16-,17-,26?/m1/s1. The highest BCUT2D eigenvalue weighted by Gasteiger charge is 2.27. The number of benzene rings is 2. The van der Waals surface area contributed by atoms with Crippen molar-refractivity contribution < 1.29 is 23.0 Å². The van der Waals surface area contributed by atoms with E-state index in [-0.39, 0.29) is 11.6 Å².